The van der Waals surface area contributed by atoms with Gasteiger partial charge in [-0.05, 0) is 14.0 Å². The molecule has 0 bridgehead atoms. The number of likely N-dealkylation sites (N-methyl/N-ethyl adjacent to an activating group) is 1. The molecule has 84 valence electrons. The number of rotatable bonds is 3. The van der Waals surface area contributed by atoms with Gasteiger partial charge < -0.3 is 10.4 Å². The minimum Gasteiger partial charge on any atom is -0.481 e. The van der Waals surface area contributed by atoms with E-state index < -0.39 is 24.0 Å². The van der Waals surface area contributed by atoms with Gasteiger partial charge in [0.1, 0.15) is 0 Å². The summed E-state index contributed by atoms with van der Waals surface area (Å²) in [5.74, 6) is -1.54. The zero-order valence-electron chi connectivity index (χ0n) is 8.69. The van der Waals surface area contributed by atoms with Gasteiger partial charge in [-0.15, -0.1) is 0 Å². The van der Waals surface area contributed by atoms with Crippen LogP contribution in [-0.2, 0) is 14.4 Å². The molecule has 1 rings (SSSR count). The maximum Gasteiger partial charge on any atom is 0.305 e. The summed E-state index contributed by atoms with van der Waals surface area (Å²) in [6, 6.07) is -1.20. The predicted octanol–water partition coefficient (Wildman–Crippen LogP) is -1.15. The standard InChI is InChI=1S/C9H14N2O4/c1-5(12)6-4-11(2)7(3-8(13)14)9(15)10-6/h6-7H,3-4H2,1-2H3,(H,10,15)(H,13,14)/t6-,7+/m1/s1. The number of hydrogen-bond donors (Lipinski definition) is 2. The van der Waals surface area contributed by atoms with Gasteiger partial charge in [-0.2, -0.15) is 0 Å². The summed E-state index contributed by atoms with van der Waals surface area (Å²) < 4.78 is 0. The number of carboxylic acid groups (broad SMARTS) is 1. The fourth-order valence-corrected chi connectivity index (χ4v) is 1.57. The molecule has 6 heteroatoms. The van der Waals surface area contributed by atoms with Gasteiger partial charge in [0, 0.05) is 6.54 Å². The van der Waals surface area contributed by atoms with Crippen molar-refractivity contribution in [2.75, 3.05) is 13.6 Å². The van der Waals surface area contributed by atoms with Crippen molar-refractivity contribution in [2.45, 2.75) is 25.4 Å². The van der Waals surface area contributed by atoms with E-state index in [-0.39, 0.29) is 12.2 Å². The SMILES string of the molecule is CC(=O)[C@H]1CN(C)[C@@H](CC(=O)O)C(=O)N1. The lowest BCUT2D eigenvalue weighted by atomic mass is 10.0. The summed E-state index contributed by atoms with van der Waals surface area (Å²) in [6.07, 6.45) is -0.243. The molecule has 15 heavy (non-hydrogen) atoms. The molecule has 6 nitrogen and oxygen atoms in total. The number of hydrogen-bond acceptors (Lipinski definition) is 4. The van der Waals surface area contributed by atoms with Crippen LogP contribution in [0.3, 0.4) is 0 Å². The number of Topliss-reactive ketones (excluding diaryl/α,β-unsaturated/α-hetero) is 1. The van der Waals surface area contributed by atoms with E-state index in [0.717, 1.165) is 0 Å². The Balaban J connectivity index is 2.68. The van der Waals surface area contributed by atoms with E-state index in [9.17, 15) is 14.4 Å². The van der Waals surface area contributed by atoms with Crippen molar-refractivity contribution >= 4 is 17.7 Å². The first-order valence-corrected chi connectivity index (χ1v) is 4.64. The Hall–Kier alpha value is -1.43. The normalized spacial score (nSPS) is 27.2. The molecule has 1 amide bonds. The monoisotopic (exact) mass is 214 g/mol. The molecular weight excluding hydrogens is 200 g/mol. The molecule has 1 aliphatic heterocycles. The van der Waals surface area contributed by atoms with E-state index in [0.29, 0.717) is 6.54 Å². The molecule has 1 saturated heterocycles. The topological polar surface area (TPSA) is 86.7 Å². The van der Waals surface area contributed by atoms with Gasteiger partial charge >= 0.3 is 5.97 Å². The Kier molecular flexibility index (Phi) is 3.41. The molecule has 1 fully saturated rings. The third-order valence-electron chi connectivity index (χ3n) is 2.48. The smallest absolute Gasteiger partial charge is 0.305 e. The number of carboxylic acids is 1. The Morgan fingerprint density at radius 3 is 2.60 bits per heavy atom. The summed E-state index contributed by atoms with van der Waals surface area (Å²) in [5, 5.41) is 11.1. The lowest BCUT2D eigenvalue weighted by Gasteiger charge is -2.35. The van der Waals surface area contributed by atoms with Crippen LogP contribution in [0.1, 0.15) is 13.3 Å². The van der Waals surface area contributed by atoms with E-state index >= 15 is 0 Å². The zero-order valence-corrected chi connectivity index (χ0v) is 8.69. The molecule has 0 unspecified atom stereocenters. The van der Waals surface area contributed by atoms with Crippen LogP contribution in [-0.4, -0.2) is 53.3 Å². The first-order chi connectivity index (χ1) is 6.91. The van der Waals surface area contributed by atoms with Crippen molar-refractivity contribution in [1.82, 2.24) is 10.2 Å². The van der Waals surface area contributed by atoms with Crippen LogP contribution in [0.4, 0.5) is 0 Å². The number of nitrogens with one attached hydrogen (secondary N) is 1. The maximum absolute atomic E-state index is 11.5. The minimum atomic E-state index is -1.02. The highest BCUT2D eigenvalue weighted by Gasteiger charge is 2.35. The molecule has 0 aromatic rings. The second kappa shape index (κ2) is 4.39. The van der Waals surface area contributed by atoms with E-state index in [1.165, 1.54) is 6.92 Å². The quantitative estimate of drug-likeness (QED) is 0.619. The summed E-state index contributed by atoms with van der Waals surface area (Å²) in [7, 11) is 1.64. The predicted molar refractivity (Wildman–Crippen MR) is 51.3 cm³/mol. The molecule has 2 atom stereocenters. The Labute approximate surface area is 87.2 Å². The van der Waals surface area contributed by atoms with Crippen molar-refractivity contribution in [3.05, 3.63) is 0 Å². The molecular formula is C9H14N2O4. The number of carbonyl (C=O) groups excluding carboxylic acids is 2. The number of carbonyl (C=O) groups is 3. The van der Waals surface area contributed by atoms with Crippen LogP contribution < -0.4 is 5.32 Å². The Bertz CT molecular complexity index is 302. The summed E-state index contributed by atoms with van der Waals surface area (Å²) in [6.45, 7) is 1.76. The first-order valence-electron chi connectivity index (χ1n) is 4.64. The molecule has 0 saturated carbocycles. The zero-order chi connectivity index (χ0) is 11.6. The van der Waals surface area contributed by atoms with Crippen LogP contribution >= 0.6 is 0 Å². The lowest BCUT2D eigenvalue weighted by Crippen LogP contribution is -2.61. The van der Waals surface area contributed by atoms with Crippen molar-refractivity contribution in [1.29, 1.82) is 0 Å². The highest BCUT2D eigenvalue weighted by atomic mass is 16.4. The van der Waals surface area contributed by atoms with Gasteiger partial charge in [0.2, 0.25) is 5.91 Å². The highest BCUT2D eigenvalue weighted by molar-refractivity contribution is 5.92. The van der Waals surface area contributed by atoms with Crippen LogP contribution in [0, 0.1) is 0 Å². The van der Waals surface area contributed by atoms with Gasteiger partial charge in [0.15, 0.2) is 5.78 Å². The van der Waals surface area contributed by atoms with Crippen molar-refractivity contribution < 1.29 is 19.5 Å². The molecule has 1 heterocycles. The average Bonchev–Trinajstić information content (AvgIpc) is 2.10. The van der Waals surface area contributed by atoms with Gasteiger partial charge in [-0.1, -0.05) is 0 Å². The number of piperazine rings is 1. The van der Waals surface area contributed by atoms with E-state index in [4.69, 9.17) is 5.11 Å². The third-order valence-corrected chi connectivity index (χ3v) is 2.48. The minimum absolute atomic E-state index is 0.121. The third kappa shape index (κ3) is 2.76. The number of ketones is 1. The molecule has 1 aliphatic rings. The van der Waals surface area contributed by atoms with Gasteiger partial charge in [-0.3, -0.25) is 19.3 Å². The van der Waals surface area contributed by atoms with Crippen molar-refractivity contribution in [3.8, 4) is 0 Å². The van der Waals surface area contributed by atoms with Crippen molar-refractivity contribution in [3.63, 3.8) is 0 Å². The van der Waals surface area contributed by atoms with Crippen LogP contribution in [0.5, 0.6) is 0 Å². The van der Waals surface area contributed by atoms with E-state index in [1.807, 2.05) is 0 Å². The summed E-state index contributed by atoms with van der Waals surface area (Å²) in [4.78, 5) is 34.6. The van der Waals surface area contributed by atoms with Crippen LogP contribution in [0.2, 0.25) is 0 Å². The molecule has 2 N–H and O–H groups in total. The molecule has 0 spiro atoms. The summed E-state index contributed by atoms with van der Waals surface area (Å²) in [5.41, 5.74) is 0. The van der Waals surface area contributed by atoms with Crippen LogP contribution in [0.25, 0.3) is 0 Å². The first kappa shape index (κ1) is 11.6. The molecule has 0 aromatic heterocycles. The largest absolute Gasteiger partial charge is 0.481 e. The lowest BCUT2D eigenvalue weighted by molar-refractivity contribution is -0.144. The van der Waals surface area contributed by atoms with Gasteiger partial charge in [0.05, 0.1) is 18.5 Å². The maximum atomic E-state index is 11.5. The van der Waals surface area contributed by atoms with Gasteiger partial charge in [-0.25, -0.2) is 0 Å². The Morgan fingerprint density at radius 1 is 1.60 bits per heavy atom. The second-order valence-corrected chi connectivity index (χ2v) is 3.73. The molecule has 0 aromatic carbocycles. The second-order valence-electron chi connectivity index (χ2n) is 3.73. The number of nitrogens with zero attached hydrogens (tertiary/aromatic N) is 1. The highest BCUT2D eigenvalue weighted by Crippen LogP contribution is 2.09. The Morgan fingerprint density at radius 2 is 2.20 bits per heavy atom. The fraction of sp³-hybridized carbons (Fsp3) is 0.667. The van der Waals surface area contributed by atoms with E-state index in [2.05, 4.69) is 5.32 Å². The van der Waals surface area contributed by atoms with Crippen LogP contribution in [0.15, 0.2) is 0 Å². The fourth-order valence-electron chi connectivity index (χ4n) is 1.57. The number of aliphatic carboxylic acids is 1. The molecule has 0 radical (unpaired) electrons. The summed E-state index contributed by atoms with van der Waals surface area (Å²) >= 11 is 0. The van der Waals surface area contributed by atoms with Gasteiger partial charge in [0.25, 0.3) is 0 Å². The number of amides is 1. The van der Waals surface area contributed by atoms with E-state index in [1.54, 1.807) is 11.9 Å². The van der Waals surface area contributed by atoms with Crippen molar-refractivity contribution in [2.24, 2.45) is 0 Å². The molecule has 0 aliphatic carbocycles. The average molecular weight is 214 g/mol.